The summed E-state index contributed by atoms with van der Waals surface area (Å²) in [4.78, 5) is 11.8. The predicted octanol–water partition coefficient (Wildman–Crippen LogP) is 2.47. The fourth-order valence-electron chi connectivity index (χ4n) is 1.97. The van der Waals surface area contributed by atoms with Crippen molar-refractivity contribution in [2.24, 2.45) is 5.73 Å². The van der Waals surface area contributed by atoms with E-state index in [1.807, 2.05) is 36.7 Å². The Balaban J connectivity index is 2.60. The highest BCUT2D eigenvalue weighted by Crippen LogP contribution is 2.14. The first kappa shape index (κ1) is 12.6. The van der Waals surface area contributed by atoms with Gasteiger partial charge in [0.2, 0.25) is 0 Å². The van der Waals surface area contributed by atoms with E-state index in [0.717, 1.165) is 11.4 Å². The van der Waals surface area contributed by atoms with Gasteiger partial charge in [0.25, 0.3) is 0 Å². The molecule has 0 aliphatic carbocycles. The van der Waals surface area contributed by atoms with Crippen molar-refractivity contribution >= 4 is 0 Å². The number of aryl methyl sites for hydroxylation is 2. The molecule has 2 rings (SSSR count). The highest BCUT2D eigenvalue weighted by Gasteiger charge is 2.08. The number of nitrogens with two attached hydrogens (primary N) is 1. The van der Waals surface area contributed by atoms with Crippen molar-refractivity contribution in [1.82, 2.24) is 4.57 Å². The second-order valence-electron chi connectivity index (χ2n) is 4.73. The molecule has 0 saturated carbocycles. The zero-order valence-electron chi connectivity index (χ0n) is 11.0. The average Bonchev–Trinajstić information content (AvgIpc) is 2.30. The summed E-state index contributed by atoms with van der Waals surface area (Å²) in [6, 6.07) is 9.57. The van der Waals surface area contributed by atoms with E-state index in [9.17, 15) is 4.79 Å². The van der Waals surface area contributed by atoms with Gasteiger partial charge in [-0.05, 0) is 32.9 Å². The van der Waals surface area contributed by atoms with Crippen LogP contribution in [0.4, 0.5) is 0 Å². The summed E-state index contributed by atoms with van der Waals surface area (Å²) >= 11 is 0. The first-order chi connectivity index (χ1) is 8.49. The van der Waals surface area contributed by atoms with Gasteiger partial charge in [0.05, 0.1) is 0 Å². The minimum Gasteiger partial charge on any atom is -0.324 e. The quantitative estimate of drug-likeness (QED) is 0.879. The molecule has 18 heavy (non-hydrogen) atoms. The maximum Gasteiger partial charge on any atom is 0.186 e. The Morgan fingerprint density at radius 3 is 2.33 bits per heavy atom. The van der Waals surface area contributed by atoms with Crippen LogP contribution in [0.2, 0.25) is 0 Å². The van der Waals surface area contributed by atoms with E-state index in [4.69, 9.17) is 5.73 Å². The third kappa shape index (κ3) is 2.36. The lowest BCUT2D eigenvalue weighted by Gasteiger charge is -2.14. The van der Waals surface area contributed by atoms with Crippen LogP contribution in [0.1, 0.15) is 29.8 Å². The minimum atomic E-state index is -0.255. The van der Waals surface area contributed by atoms with Gasteiger partial charge < -0.3 is 10.3 Å². The molecule has 94 valence electrons. The molecule has 0 aliphatic heterocycles. The number of rotatable bonds is 2. The molecular formula is C15H18N2O. The van der Waals surface area contributed by atoms with E-state index in [1.165, 1.54) is 5.56 Å². The van der Waals surface area contributed by atoms with Crippen LogP contribution < -0.4 is 11.2 Å². The Bertz CT molecular complexity index is 609. The van der Waals surface area contributed by atoms with E-state index in [0.29, 0.717) is 5.56 Å². The summed E-state index contributed by atoms with van der Waals surface area (Å²) in [7, 11) is 0. The second-order valence-corrected chi connectivity index (χ2v) is 4.73. The van der Waals surface area contributed by atoms with E-state index < -0.39 is 0 Å². The highest BCUT2D eigenvalue weighted by molar-refractivity contribution is 5.37. The number of nitrogens with zero attached hydrogens (tertiary/aromatic N) is 1. The van der Waals surface area contributed by atoms with Crippen LogP contribution in [-0.4, -0.2) is 4.57 Å². The van der Waals surface area contributed by atoms with Crippen molar-refractivity contribution in [3.05, 3.63) is 63.6 Å². The van der Waals surface area contributed by atoms with Crippen LogP contribution in [0.5, 0.6) is 0 Å². The standard InChI is InChI=1S/C15H18N2O/c1-10-4-6-13(7-5-10)17-9-14(12(3)16)15(18)8-11(17)2/h4-9,12H,16H2,1-3H3. The molecule has 0 amide bonds. The molecule has 1 atom stereocenters. The Morgan fingerprint density at radius 2 is 1.78 bits per heavy atom. The summed E-state index contributed by atoms with van der Waals surface area (Å²) in [5.74, 6) is 0. The molecule has 0 spiro atoms. The Kier molecular flexibility index (Phi) is 3.34. The first-order valence-corrected chi connectivity index (χ1v) is 6.05. The molecule has 1 heterocycles. The van der Waals surface area contributed by atoms with Gasteiger partial charge in [0.1, 0.15) is 0 Å². The van der Waals surface area contributed by atoms with Crippen molar-refractivity contribution in [2.45, 2.75) is 26.8 Å². The van der Waals surface area contributed by atoms with Crippen molar-refractivity contribution < 1.29 is 0 Å². The molecule has 0 fully saturated rings. The molecular weight excluding hydrogens is 224 g/mol. The maximum atomic E-state index is 11.8. The van der Waals surface area contributed by atoms with Gasteiger partial charge in [-0.2, -0.15) is 0 Å². The third-order valence-electron chi connectivity index (χ3n) is 3.08. The van der Waals surface area contributed by atoms with Crippen LogP contribution >= 0.6 is 0 Å². The van der Waals surface area contributed by atoms with E-state index in [2.05, 4.69) is 19.1 Å². The van der Waals surface area contributed by atoms with Crippen molar-refractivity contribution in [1.29, 1.82) is 0 Å². The van der Waals surface area contributed by atoms with Crippen molar-refractivity contribution in [3.63, 3.8) is 0 Å². The molecule has 1 unspecified atom stereocenters. The van der Waals surface area contributed by atoms with Gasteiger partial charge in [-0.15, -0.1) is 0 Å². The summed E-state index contributed by atoms with van der Waals surface area (Å²) in [6.45, 7) is 5.80. The van der Waals surface area contributed by atoms with Gasteiger partial charge in [0, 0.05) is 35.2 Å². The van der Waals surface area contributed by atoms with Gasteiger partial charge in [-0.25, -0.2) is 0 Å². The van der Waals surface area contributed by atoms with Crippen LogP contribution in [0, 0.1) is 13.8 Å². The van der Waals surface area contributed by atoms with E-state index >= 15 is 0 Å². The fraction of sp³-hybridized carbons (Fsp3) is 0.267. The average molecular weight is 242 g/mol. The lowest BCUT2D eigenvalue weighted by molar-refractivity contribution is 0.786. The summed E-state index contributed by atoms with van der Waals surface area (Å²) in [5.41, 5.74) is 9.63. The molecule has 2 aromatic rings. The van der Waals surface area contributed by atoms with Crippen molar-refractivity contribution in [3.8, 4) is 5.69 Å². The third-order valence-corrected chi connectivity index (χ3v) is 3.08. The van der Waals surface area contributed by atoms with Crippen molar-refractivity contribution in [2.75, 3.05) is 0 Å². The number of hydrogen-bond acceptors (Lipinski definition) is 2. The largest absolute Gasteiger partial charge is 0.324 e. The summed E-state index contributed by atoms with van der Waals surface area (Å²) in [6.07, 6.45) is 1.84. The van der Waals surface area contributed by atoms with E-state index in [-0.39, 0.29) is 11.5 Å². The van der Waals surface area contributed by atoms with Crippen LogP contribution in [0.3, 0.4) is 0 Å². The lowest BCUT2D eigenvalue weighted by atomic mass is 10.1. The number of pyridine rings is 1. The van der Waals surface area contributed by atoms with Crippen LogP contribution in [0.15, 0.2) is 41.3 Å². The molecule has 3 nitrogen and oxygen atoms in total. The lowest BCUT2D eigenvalue weighted by Crippen LogP contribution is -2.20. The normalized spacial score (nSPS) is 12.4. The van der Waals surface area contributed by atoms with Gasteiger partial charge in [-0.1, -0.05) is 17.7 Å². The van der Waals surface area contributed by atoms with E-state index in [1.54, 1.807) is 6.07 Å². The maximum absolute atomic E-state index is 11.8. The summed E-state index contributed by atoms with van der Waals surface area (Å²) in [5, 5.41) is 0. The molecule has 0 saturated heterocycles. The Morgan fingerprint density at radius 1 is 1.17 bits per heavy atom. The van der Waals surface area contributed by atoms with Crippen LogP contribution in [0.25, 0.3) is 5.69 Å². The summed E-state index contributed by atoms with van der Waals surface area (Å²) < 4.78 is 2.00. The van der Waals surface area contributed by atoms with Gasteiger partial charge in [0.15, 0.2) is 5.43 Å². The zero-order valence-corrected chi connectivity index (χ0v) is 11.0. The minimum absolute atomic E-state index is 0.00543. The Labute approximate surface area is 107 Å². The van der Waals surface area contributed by atoms with Crippen LogP contribution in [-0.2, 0) is 0 Å². The zero-order chi connectivity index (χ0) is 13.3. The molecule has 2 N–H and O–H groups in total. The molecule has 3 heteroatoms. The number of benzene rings is 1. The molecule has 0 aliphatic rings. The SMILES string of the molecule is Cc1ccc(-n2cc(C(C)N)c(=O)cc2C)cc1. The Hall–Kier alpha value is -1.87. The molecule has 1 aromatic heterocycles. The highest BCUT2D eigenvalue weighted by atomic mass is 16.1. The second kappa shape index (κ2) is 4.78. The molecule has 0 bridgehead atoms. The van der Waals surface area contributed by atoms with Gasteiger partial charge in [-0.3, -0.25) is 4.79 Å². The molecule has 1 aromatic carbocycles. The fourth-order valence-corrected chi connectivity index (χ4v) is 1.97. The number of aromatic nitrogens is 1. The topological polar surface area (TPSA) is 48.0 Å². The number of hydrogen-bond donors (Lipinski definition) is 1. The monoisotopic (exact) mass is 242 g/mol. The van der Waals surface area contributed by atoms with Gasteiger partial charge >= 0.3 is 0 Å². The smallest absolute Gasteiger partial charge is 0.186 e. The molecule has 0 radical (unpaired) electrons. The first-order valence-electron chi connectivity index (χ1n) is 6.05. The predicted molar refractivity (Wildman–Crippen MR) is 74.1 cm³/mol.